The van der Waals surface area contributed by atoms with Gasteiger partial charge in [-0.3, -0.25) is 4.90 Å². The highest BCUT2D eigenvalue weighted by Crippen LogP contribution is 2.32. The SMILES string of the molecule is CCCC1=CC2=C(C=CC1)CN(CC1CCCCC1)CC2C. The van der Waals surface area contributed by atoms with Crippen LogP contribution >= 0.6 is 0 Å². The van der Waals surface area contributed by atoms with Crippen molar-refractivity contribution in [1.82, 2.24) is 4.90 Å². The van der Waals surface area contributed by atoms with Gasteiger partial charge in [0.1, 0.15) is 0 Å². The van der Waals surface area contributed by atoms with E-state index in [1.54, 1.807) is 16.7 Å². The fraction of sp³-hybridized carbons (Fsp3) is 0.714. The molecule has 0 aromatic heterocycles. The van der Waals surface area contributed by atoms with E-state index >= 15 is 0 Å². The first-order chi connectivity index (χ1) is 10.8. The minimum Gasteiger partial charge on any atom is -0.298 e. The van der Waals surface area contributed by atoms with Gasteiger partial charge in [0, 0.05) is 19.6 Å². The van der Waals surface area contributed by atoms with Gasteiger partial charge in [0.15, 0.2) is 0 Å². The molecule has 0 bridgehead atoms. The largest absolute Gasteiger partial charge is 0.298 e. The topological polar surface area (TPSA) is 3.24 Å². The molecule has 122 valence electrons. The Morgan fingerprint density at radius 3 is 2.77 bits per heavy atom. The molecule has 1 heterocycles. The second kappa shape index (κ2) is 7.64. The van der Waals surface area contributed by atoms with Gasteiger partial charge in [-0.2, -0.15) is 0 Å². The molecular weight excluding hydrogens is 266 g/mol. The molecule has 1 heteroatoms. The molecule has 0 saturated heterocycles. The van der Waals surface area contributed by atoms with Gasteiger partial charge in [0.05, 0.1) is 0 Å². The molecule has 22 heavy (non-hydrogen) atoms. The van der Waals surface area contributed by atoms with Gasteiger partial charge < -0.3 is 0 Å². The average Bonchev–Trinajstić information content (AvgIpc) is 2.71. The molecule has 0 amide bonds. The van der Waals surface area contributed by atoms with Crippen molar-refractivity contribution in [3.8, 4) is 0 Å². The predicted molar refractivity (Wildman–Crippen MR) is 96.0 cm³/mol. The van der Waals surface area contributed by atoms with E-state index in [0.717, 1.165) is 12.3 Å². The summed E-state index contributed by atoms with van der Waals surface area (Å²) < 4.78 is 0. The summed E-state index contributed by atoms with van der Waals surface area (Å²) in [5.41, 5.74) is 4.87. The van der Waals surface area contributed by atoms with E-state index in [0.29, 0.717) is 5.92 Å². The maximum absolute atomic E-state index is 2.74. The average molecular weight is 300 g/mol. The summed E-state index contributed by atoms with van der Waals surface area (Å²) in [5, 5.41) is 0. The zero-order valence-corrected chi connectivity index (χ0v) is 14.6. The van der Waals surface area contributed by atoms with Crippen molar-refractivity contribution in [2.24, 2.45) is 11.8 Å². The van der Waals surface area contributed by atoms with Gasteiger partial charge in [0.2, 0.25) is 0 Å². The van der Waals surface area contributed by atoms with E-state index in [4.69, 9.17) is 0 Å². The highest BCUT2D eigenvalue weighted by atomic mass is 15.1. The van der Waals surface area contributed by atoms with Crippen LogP contribution < -0.4 is 0 Å². The normalized spacial score (nSPS) is 27.5. The Bertz CT molecular complexity index is 462. The number of hydrogen-bond acceptors (Lipinski definition) is 1. The Morgan fingerprint density at radius 2 is 2.00 bits per heavy atom. The van der Waals surface area contributed by atoms with Crippen molar-refractivity contribution in [3.63, 3.8) is 0 Å². The Morgan fingerprint density at radius 1 is 1.18 bits per heavy atom. The van der Waals surface area contributed by atoms with Crippen LogP contribution in [0.5, 0.6) is 0 Å². The van der Waals surface area contributed by atoms with E-state index in [-0.39, 0.29) is 0 Å². The van der Waals surface area contributed by atoms with E-state index in [1.807, 2.05) is 0 Å². The first kappa shape index (κ1) is 16.1. The maximum atomic E-state index is 2.74. The lowest BCUT2D eigenvalue weighted by atomic mass is 9.86. The van der Waals surface area contributed by atoms with E-state index in [9.17, 15) is 0 Å². The van der Waals surface area contributed by atoms with Gasteiger partial charge in [0.25, 0.3) is 0 Å². The third kappa shape index (κ3) is 3.93. The van der Waals surface area contributed by atoms with Gasteiger partial charge in [-0.05, 0) is 48.7 Å². The Kier molecular flexibility index (Phi) is 5.57. The second-order valence-corrected chi connectivity index (χ2v) is 7.74. The molecule has 0 aromatic rings. The number of allylic oxidation sites excluding steroid dienone is 3. The van der Waals surface area contributed by atoms with Gasteiger partial charge >= 0.3 is 0 Å². The van der Waals surface area contributed by atoms with Crippen LogP contribution in [0, 0.1) is 11.8 Å². The molecule has 1 fully saturated rings. The summed E-state index contributed by atoms with van der Waals surface area (Å²) >= 11 is 0. The zero-order valence-electron chi connectivity index (χ0n) is 14.6. The van der Waals surface area contributed by atoms with Crippen molar-refractivity contribution < 1.29 is 0 Å². The van der Waals surface area contributed by atoms with E-state index < -0.39 is 0 Å². The minimum absolute atomic E-state index is 0.696. The van der Waals surface area contributed by atoms with Crippen LogP contribution in [0.15, 0.2) is 34.9 Å². The Labute approximate surface area is 137 Å². The quantitative estimate of drug-likeness (QED) is 0.662. The molecule has 1 aliphatic heterocycles. The summed E-state index contributed by atoms with van der Waals surface area (Å²) in [5.74, 6) is 1.66. The molecule has 3 rings (SSSR count). The molecule has 0 N–H and O–H groups in total. The van der Waals surface area contributed by atoms with E-state index in [2.05, 4.69) is 37.0 Å². The molecule has 1 atom stereocenters. The Balaban J connectivity index is 1.69. The molecule has 3 aliphatic rings. The highest BCUT2D eigenvalue weighted by molar-refractivity contribution is 5.42. The van der Waals surface area contributed by atoms with Crippen molar-refractivity contribution in [1.29, 1.82) is 0 Å². The van der Waals surface area contributed by atoms with Gasteiger partial charge in [-0.1, -0.05) is 63.3 Å². The van der Waals surface area contributed by atoms with Crippen LogP contribution in [0.1, 0.15) is 65.2 Å². The van der Waals surface area contributed by atoms with Gasteiger partial charge in [-0.25, -0.2) is 0 Å². The fourth-order valence-corrected chi connectivity index (χ4v) is 4.58. The summed E-state index contributed by atoms with van der Waals surface area (Å²) in [6.45, 7) is 8.50. The lowest BCUT2D eigenvalue weighted by Gasteiger charge is -2.36. The number of rotatable bonds is 4. The molecule has 2 aliphatic carbocycles. The molecule has 1 saturated carbocycles. The van der Waals surface area contributed by atoms with Crippen LogP contribution in [0.3, 0.4) is 0 Å². The van der Waals surface area contributed by atoms with Crippen molar-refractivity contribution >= 4 is 0 Å². The number of hydrogen-bond donors (Lipinski definition) is 0. The zero-order chi connectivity index (χ0) is 15.4. The van der Waals surface area contributed by atoms with Crippen LogP contribution in [0.25, 0.3) is 0 Å². The lowest BCUT2D eigenvalue weighted by Crippen LogP contribution is -2.39. The molecule has 0 aromatic carbocycles. The molecule has 0 spiro atoms. The molecule has 1 unspecified atom stereocenters. The lowest BCUT2D eigenvalue weighted by molar-refractivity contribution is 0.191. The first-order valence-corrected chi connectivity index (χ1v) is 9.57. The van der Waals surface area contributed by atoms with Crippen LogP contribution in [0.2, 0.25) is 0 Å². The third-order valence-electron chi connectivity index (χ3n) is 5.70. The molecule has 0 radical (unpaired) electrons. The molecule has 1 nitrogen and oxygen atoms in total. The van der Waals surface area contributed by atoms with Crippen LogP contribution in [-0.2, 0) is 0 Å². The standard InChI is InChI=1S/C21H33N/c1-3-8-18-11-7-12-20-16-22(14-17(2)21(20)13-18)15-19-9-5-4-6-10-19/h7,12-13,17,19H,3-6,8-11,14-16H2,1-2H3. The first-order valence-electron chi connectivity index (χ1n) is 9.57. The predicted octanol–water partition coefficient (Wildman–Crippen LogP) is 5.50. The van der Waals surface area contributed by atoms with E-state index in [1.165, 1.54) is 64.6 Å². The summed E-state index contributed by atoms with van der Waals surface area (Å²) in [6, 6.07) is 0. The summed E-state index contributed by atoms with van der Waals surface area (Å²) in [6.07, 6.45) is 18.4. The summed E-state index contributed by atoms with van der Waals surface area (Å²) in [4.78, 5) is 2.74. The molecular formula is C21H33N. The van der Waals surface area contributed by atoms with Crippen LogP contribution in [-0.4, -0.2) is 24.5 Å². The van der Waals surface area contributed by atoms with Crippen molar-refractivity contribution in [2.75, 3.05) is 19.6 Å². The van der Waals surface area contributed by atoms with Gasteiger partial charge in [-0.15, -0.1) is 0 Å². The monoisotopic (exact) mass is 299 g/mol. The van der Waals surface area contributed by atoms with Crippen molar-refractivity contribution in [2.45, 2.75) is 65.2 Å². The fourth-order valence-electron chi connectivity index (χ4n) is 4.58. The van der Waals surface area contributed by atoms with Crippen molar-refractivity contribution in [3.05, 3.63) is 34.9 Å². The summed E-state index contributed by atoms with van der Waals surface area (Å²) in [7, 11) is 0. The number of nitrogens with zero attached hydrogens (tertiary/aromatic N) is 1. The Hall–Kier alpha value is -0.820. The maximum Gasteiger partial charge on any atom is 0.0236 e. The smallest absolute Gasteiger partial charge is 0.0236 e. The highest BCUT2D eigenvalue weighted by Gasteiger charge is 2.26. The minimum atomic E-state index is 0.696. The third-order valence-corrected chi connectivity index (χ3v) is 5.70. The van der Waals surface area contributed by atoms with Crippen LogP contribution in [0.4, 0.5) is 0 Å². The second-order valence-electron chi connectivity index (χ2n) is 7.74.